The Hall–Kier alpha value is -2.35. The number of amides is 2. The highest BCUT2D eigenvalue weighted by atomic mass is 19.4. The molecule has 1 heterocycles. The Balaban J connectivity index is 2.84. The maximum Gasteiger partial charge on any atom is 0.573 e. The first kappa shape index (κ1) is 27.7. The van der Waals surface area contributed by atoms with E-state index in [-0.39, 0.29) is 12.1 Å². The molecule has 1 atom stereocenters. The Morgan fingerprint density at radius 1 is 1.25 bits per heavy atom. The fourth-order valence-corrected chi connectivity index (χ4v) is 3.54. The van der Waals surface area contributed by atoms with Crippen molar-refractivity contribution in [2.75, 3.05) is 26.2 Å². The van der Waals surface area contributed by atoms with Crippen molar-refractivity contribution < 1.29 is 22.7 Å². The molecule has 2 amide bonds. The number of carbonyl (C=O) groups is 1. The molecule has 0 N–H and O–H groups in total. The predicted octanol–water partition coefficient (Wildman–Crippen LogP) is 6.26. The third kappa shape index (κ3) is 10.3. The van der Waals surface area contributed by atoms with Crippen LogP contribution < -0.4 is 0 Å². The van der Waals surface area contributed by atoms with Crippen molar-refractivity contribution in [1.82, 2.24) is 9.80 Å². The van der Waals surface area contributed by atoms with Gasteiger partial charge in [0.05, 0.1) is 0 Å². The lowest BCUT2D eigenvalue weighted by Crippen LogP contribution is -2.49. The fraction of sp³-hybridized carbons (Fsp3) is 0.583. The number of urea groups is 1. The van der Waals surface area contributed by atoms with E-state index >= 15 is 0 Å². The van der Waals surface area contributed by atoms with Crippen molar-refractivity contribution >= 4 is 11.7 Å². The number of alkyl halides is 3. The number of piperidine rings is 1. The summed E-state index contributed by atoms with van der Waals surface area (Å²) in [7, 11) is 0. The Bertz CT molecular complexity index is 739. The van der Waals surface area contributed by atoms with Crippen LogP contribution >= 0.6 is 0 Å². The number of rotatable bonds is 10. The van der Waals surface area contributed by atoms with Crippen molar-refractivity contribution in [3.8, 4) is 0 Å². The summed E-state index contributed by atoms with van der Waals surface area (Å²) < 4.78 is 40.5. The van der Waals surface area contributed by atoms with Crippen molar-refractivity contribution in [3.63, 3.8) is 0 Å². The molecular weight excluding hydrogens is 419 g/mol. The molecule has 1 unspecified atom stereocenters. The molecular formula is C24H36F3N3O2. The molecule has 1 saturated heterocycles. The maximum absolute atomic E-state index is 12.9. The van der Waals surface area contributed by atoms with Crippen molar-refractivity contribution in [1.29, 1.82) is 0 Å². The molecule has 0 aliphatic carbocycles. The molecule has 0 aromatic carbocycles. The second kappa shape index (κ2) is 13.9. The van der Waals surface area contributed by atoms with E-state index in [1.807, 2.05) is 13.8 Å². The van der Waals surface area contributed by atoms with Gasteiger partial charge in [-0.15, -0.1) is 13.2 Å². The summed E-state index contributed by atoms with van der Waals surface area (Å²) in [4.78, 5) is 21.1. The molecule has 1 aliphatic heterocycles. The van der Waals surface area contributed by atoms with E-state index in [4.69, 9.17) is 0 Å². The number of aliphatic imine (C=N–C) groups is 1. The largest absolute Gasteiger partial charge is 0.573 e. The number of carbonyl (C=O) groups excluding carboxylic acids is 1. The van der Waals surface area contributed by atoms with Gasteiger partial charge in [0.1, 0.15) is 5.76 Å². The van der Waals surface area contributed by atoms with E-state index in [0.29, 0.717) is 18.7 Å². The van der Waals surface area contributed by atoms with Crippen LogP contribution in [0, 0.1) is 0 Å². The summed E-state index contributed by atoms with van der Waals surface area (Å²) in [6.45, 7) is 14.1. The van der Waals surface area contributed by atoms with Crippen molar-refractivity contribution in [3.05, 3.63) is 48.3 Å². The van der Waals surface area contributed by atoms with Gasteiger partial charge in [-0.05, 0) is 63.8 Å². The molecule has 0 aromatic heterocycles. The number of halogens is 3. The van der Waals surface area contributed by atoms with E-state index in [1.54, 1.807) is 11.8 Å². The lowest BCUT2D eigenvalue weighted by atomic mass is 10.0. The van der Waals surface area contributed by atoms with Gasteiger partial charge in [-0.3, -0.25) is 4.90 Å². The Labute approximate surface area is 190 Å². The van der Waals surface area contributed by atoms with Gasteiger partial charge >= 0.3 is 12.4 Å². The topological polar surface area (TPSA) is 45.1 Å². The Morgan fingerprint density at radius 3 is 2.53 bits per heavy atom. The van der Waals surface area contributed by atoms with E-state index in [2.05, 4.69) is 46.4 Å². The van der Waals surface area contributed by atoms with Gasteiger partial charge in [-0.25, -0.2) is 4.79 Å². The minimum atomic E-state index is -4.80. The van der Waals surface area contributed by atoms with Gasteiger partial charge in [-0.1, -0.05) is 38.7 Å². The first-order chi connectivity index (χ1) is 15.1. The smallest absolute Gasteiger partial charge is 0.406 e. The summed E-state index contributed by atoms with van der Waals surface area (Å²) in [5.41, 5.74) is 1.62. The lowest BCUT2D eigenvalue weighted by Gasteiger charge is -2.38. The van der Waals surface area contributed by atoms with E-state index < -0.39 is 12.1 Å². The van der Waals surface area contributed by atoms with Crippen LogP contribution in [-0.4, -0.2) is 60.1 Å². The zero-order chi connectivity index (χ0) is 24.1. The molecule has 0 bridgehead atoms. The molecule has 1 rings (SSSR count). The van der Waals surface area contributed by atoms with E-state index in [1.165, 1.54) is 11.6 Å². The first-order valence-electron chi connectivity index (χ1n) is 11.2. The monoisotopic (exact) mass is 455 g/mol. The molecule has 0 radical (unpaired) electrons. The van der Waals surface area contributed by atoms with Gasteiger partial charge in [0.15, 0.2) is 0 Å². The number of hydrogen-bond acceptors (Lipinski definition) is 3. The third-order valence-corrected chi connectivity index (χ3v) is 5.16. The van der Waals surface area contributed by atoms with Crippen LogP contribution in [0.3, 0.4) is 0 Å². The van der Waals surface area contributed by atoms with Crippen LogP contribution in [0.1, 0.15) is 53.4 Å². The standard InChI is InChI=1S/C24H36F3N3O2/c1-6-10-12-20(7-2)17-29-16-11-13-22(18-29)30(9-4)23(31)28-21(8-3)15-14-19(5)32-24(25,26)27/h7,10,12,14-15,22H,5-6,8-9,11,13,16-18H2,1-4H3/b12-10?,15-14-,20-7?,28-21?. The van der Waals surface area contributed by atoms with Crippen LogP contribution in [0.2, 0.25) is 0 Å². The quantitative estimate of drug-likeness (QED) is 0.222. The van der Waals surface area contributed by atoms with Crippen LogP contribution in [-0.2, 0) is 4.74 Å². The second-order valence-corrected chi connectivity index (χ2v) is 7.58. The lowest BCUT2D eigenvalue weighted by molar-refractivity contribution is -0.303. The highest BCUT2D eigenvalue weighted by Crippen LogP contribution is 2.21. The van der Waals surface area contributed by atoms with Crippen LogP contribution in [0.5, 0.6) is 0 Å². The normalized spacial score (nSPS) is 19.0. The number of likely N-dealkylation sites (N-methyl/N-ethyl adjacent to an activating group) is 1. The summed E-state index contributed by atoms with van der Waals surface area (Å²) in [5.74, 6) is -0.557. The van der Waals surface area contributed by atoms with Crippen LogP contribution in [0.25, 0.3) is 0 Å². The maximum atomic E-state index is 12.9. The summed E-state index contributed by atoms with van der Waals surface area (Å²) >= 11 is 0. The average Bonchev–Trinajstić information content (AvgIpc) is 2.73. The molecule has 32 heavy (non-hydrogen) atoms. The van der Waals surface area contributed by atoms with E-state index in [0.717, 1.165) is 45.0 Å². The molecule has 0 spiro atoms. The third-order valence-electron chi connectivity index (χ3n) is 5.16. The zero-order valence-electron chi connectivity index (χ0n) is 19.6. The fourth-order valence-electron chi connectivity index (χ4n) is 3.54. The molecule has 5 nitrogen and oxygen atoms in total. The number of nitrogens with zero attached hydrogens (tertiary/aromatic N) is 3. The molecule has 8 heteroatoms. The molecule has 1 fully saturated rings. The Morgan fingerprint density at radius 2 is 1.97 bits per heavy atom. The van der Waals surface area contributed by atoms with E-state index in [9.17, 15) is 18.0 Å². The number of allylic oxidation sites excluding steroid dienone is 4. The van der Waals surface area contributed by atoms with Gasteiger partial charge in [0, 0.05) is 31.4 Å². The van der Waals surface area contributed by atoms with Crippen molar-refractivity contribution in [2.24, 2.45) is 4.99 Å². The first-order valence-corrected chi connectivity index (χ1v) is 11.2. The van der Waals surface area contributed by atoms with Crippen LogP contribution in [0.15, 0.2) is 53.3 Å². The van der Waals surface area contributed by atoms with Gasteiger partial charge in [-0.2, -0.15) is 4.99 Å². The summed E-state index contributed by atoms with van der Waals surface area (Å²) in [6.07, 6.45) is 7.27. The Kier molecular flexibility index (Phi) is 12.1. The SMILES string of the molecule is C=C(/C=C\C(CC)=NC(=O)N(CC)C1CCCN(CC(C=CCC)=CC)C1)OC(F)(F)F. The minimum absolute atomic E-state index is 0.0453. The highest BCUT2D eigenvalue weighted by Gasteiger charge is 2.31. The summed E-state index contributed by atoms with van der Waals surface area (Å²) in [5, 5.41) is 0. The molecule has 0 aromatic rings. The van der Waals surface area contributed by atoms with Gasteiger partial charge in [0.25, 0.3) is 0 Å². The molecule has 0 saturated carbocycles. The average molecular weight is 456 g/mol. The molecule has 1 aliphatic rings. The van der Waals surface area contributed by atoms with Crippen molar-refractivity contribution in [2.45, 2.75) is 65.8 Å². The highest BCUT2D eigenvalue weighted by molar-refractivity contribution is 6.02. The summed E-state index contributed by atoms with van der Waals surface area (Å²) in [6, 6.07) is -0.329. The predicted molar refractivity (Wildman–Crippen MR) is 124 cm³/mol. The van der Waals surface area contributed by atoms with Gasteiger partial charge in [0.2, 0.25) is 0 Å². The van der Waals surface area contributed by atoms with Gasteiger partial charge < -0.3 is 9.64 Å². The number of hydrogen-bond donors (Lipinski definition) is 0. The van der Waals surface area contributed by atoms with Crippen LogP contribution in [0.4, 0.5) is 18.0 Å². The number of ether oxygens (including phenoxy) is 1. The second-order valence-electron chi connectivity index (χ2n) is 7.58. The molecule has 180 valence electrons. The zero-order valence-corrected chi connectivity index (χ0v) is 19.6. The number of likely N-dealkylation sites (tertiary alicyclic amines) is 1. The minimum Gasteiger partial charge on any atom is -0.406 e.